The van der Waals surface area contributed by atoms with Crippen LogP contribution in [0, 0.1) is 20.8 Å². The van der Waals surface area contributed by atoms with Gasteiger partial charge in [-0.15, -0.1) is 0 Å². The molecular weight excluding hydrogens is 352 g/mol. The molecule has 2 heterocycles. The van der Waals surface area contributed by atoms with Crippen molar-refractivity contribution in [2.75, 3.05) is 11.4 Å². The maximum Gasteiger partial charge on any atom is 0.232 e. The third kappa shape index (κ3) is 3.31. The number of aryl methyl sites for hydroxylation is 3. The van der Waals surface area contributed by atoms with Crippen LogP contribution in [0.1, 0.15) is 40.5 Å². The van der Waals surface area contributed by atoms with E-state index in [9.17, 15) is 4.79 Å². The van der Waals surface area contributed by atoms with Gasteiger partial charge in [-0.25, -0.2) is 0 Å². The highest BCUT2D eigenvalue weighted by molar-refractivity contribution is 5.97. The van der Waals surface area contributed by atoms with Gasteiger partial charge < -0.3 is 15.2 Å². The van der Waals surface area contributed by atoms with Crippen molar-refractivity contribution in [3.05, 3.63) is 64.5 Å². The van der Waals surface area contributed by atoms with E-state index in [-0.39, 0.29) is 11.8 Å². The second kappa shape index (κ2) is 7.20. The lowest BCUT2D eigenvalue weighted by Crippen LogP contribution is -2.26. The summed E-state index contributed by atoms with van der Waals surface area (Å²) in [5, 5.41) is 4.11. The number of hydrogen-bond acceptors (Lipinski definition) is 5. The molecule has 0 spiro atoms. The first-order valence-electron chi connectivity index (χ1n) is 9.47. The van der Waals surface area contributed by atoms with Gasteiger partial charge >= 0.3 is 0 Å². The number of anilines is 1. The largest absolute Gasteiger partial charge is 0.339 e. The average Bonchev–Trinajstić information content (AvgIpc) is 3.29. The molecule has 0 bridgehead atoms. The van der Waals surface area contributed by atoms with Crippen molar-refractivity contribution in [2.45, 2.75) is 39.7 Å². The molecule has 1 aliphatic rings. The molecule has 2 aromatic carbocycles. The van der Waals surface area contributed by atoms with E-state index in [2.05, 4.69) is 29.2 Å². The standard InChI is InChI=1S/C22H24N4O2/c1-13-8-14(2)20(15(3)9-13)26-12-18(10-19(26)27)22-24-21(25-28-22)17-6-4-16(11-23)5-7-17/h4-9,18H,10-12,23H2,1-3H3. The van der Waals surface area contributed by atoms with Gasteiger partial charge in [0.1, 0.15) is 0 Å². The SMILES string of the molecule is Cc1cc(C)c(N2CC(c3nc(-c4ccc(CN)cc4)no3)CC2=O)c(C)c1. The molecule has 0 aliphatic carbocycles. The van der Waals surface area contributed by atoms with E-state index < -0.39 is 0 Å². The Hall–Kier alpha value is -2.99. The number of carbonyl (C=O) groups excluding carboxylic acids is 1. The zero-order valence-corrected chi connectivity index (χ0v) is 16.4. The van der Waals surface area contributed by atoms with Gasteiger partial charge in [0.2, 0.25) is 17.6 Å². The minimum atomic E-state index is -0.0998. The first-order chi connectivity index (χ1) is 13.5. The van der Waals surface area contributed by atoms with Gasteiger partial charge in [-0.05, 0) is 37.5 Å². The zero-order valence-electron chi connectivity index (χ0n) is 16.4. The first-order valence-corrected chi connectivity index (χ1v) is 9.47. The fraction of sp³-hybridized carbons (Fsp3) is 0.318. The smallest absolute Gasteiger partial charge is 0.232 e. The van der Waals surface area contributed by atoms with Crippen LogP contribution in [0.25, 0.3) is 11.4 Å². The Morgan fingerprint density at radius 2 is 1.82 bits per heavy atom. The molecule has 1 unspecified atom stereocenters. The lowest BCUT2D eigenvalue weighted by atomic mass is 10.0. The highest BCUT2D eigenvalue weighted by Crippen LogP contribution is 2.35. The number of amides is 1. The summed E-state index contributed by atoms with van der Waals surface area (Å²) in [5.74, 6) is 1.03. The molecule has 28 heavy (non-hydrogen) atoms. The van der Waals surface area contributed by atoms with Crippen molar-refractivity contribution < 1.29 is 9.32 Å². The summed E-state index contributed by atoms with van der Waals surface area (Å²) < 4.78 is 5.51. The molecule has 4 rings (SSSR count). The Labute approximate surface area is 164 Å². The summed E-state index contributed by atoms with van der Waals surface area (Å²) in [6.07, 6.45) is 0.375. The lowest BCUT2D eigenvalue weighted by molar-refractivity contribution is -0.117. The molecule has 1 amide bonds. The lowest BCUT2D eigenvalue weighted by Gasteiger charge is -2.21. The number of nitrogens with two attached hydrogens (primary N) is 1. The van der Waals surface area contributed by atoms with Crippen molar-refractivity contribution in [1.29, 1.82) is 0 Å². The predicted molar refractivity (Wildman–Crippen MR) is 108 cm³/mol. The fourth-order valence-corrected chi connectivity index (χ4v) is 4.00. The van der Waals surface area contributed by atoms with E-state index in [1.807, 2.05) is 43.0 Å². The normalized spacial score (nSPS) is 16.8. The van der Waals surface area contributed by atoms with Gasteiger partial charge in [-0.3, -0.25) is 4.79 Å². The molecule has 1 saturated heterocycles. The minimum Gasteiger partial charge on any atom is -0.339 e. The number of aromatic nitrogens is 2. The molecule has 6 nitrogen and oxygen atoms in total. The van der Waals surface area contributed by atoms with Crippen LogP contribution >= 0.6 is 0 Å². The van der Waals surface area contributed by atoms with Crippen molar-refractivity contribution in [3.8, 4) is 11.4 Å². The number of nitrogens with zero attached hydrogens (tertiary/aromatic N) is 3. The minimum absolute atomic E-state index is 0.0899. The second-order valence-corrected chi connectivity index (χ2v) is 7.51. The van der Waals surface area contributed by atoms with Crippen LogP contribution in [0.4, 0.5) is 5.69 Å². The number of rotatable bonds is 4. The molecule has 144 valence electrons. The summed E-state index contributed by atoms with van der Waals surface area (Å²) in [7, 11) is 0. The highest BCUT2D eigenvalue weighted by Gasteiger charge is 2.36. The maximum absolute atomic E-state index is 12.7. The fourth-order valence-electron chi connectivity index (χ4n) is 4.00. The molecule has 6 heteroatoms. The Kier molecular flexibility index (Phi) is 4.73. The van der Waals surface area contributed by atoms with E-state index in [4.69, 9.17) is 10.3 Å². The maximum atomic E-state index is 12.7. The van der Waals surface area contributed by atoms with E-state index >= 15 is 0 Å². The third-order valence-electron chi connectivity index (χ3n) is 5.27. The van der Waals surface area contributed by atoms with Gasteiger partial charge in [0.15, 0.2) is 0 Å². The van der Waals surface area contributed by atoms with Gasteiger partial charge in [-0.1, -0.05) is 47.1 Å². The molecule has 1 aliphatic heterocycles. The molecule has 1 atom stereocenters. The van der Waals surface area contributed by atoms with Crippen LogP contribution < -0.4 is 10.6 Å². The quantitative estimate of drug-likeness (QED) is 0.751. The Morgan fingerprint density at radius 1 is 1.14 bits per heavy atom. The number of carbonyl (C=O) groups is 1. The van der Waals surface area contributed by atoms with Crippen molar-refractivity contribution >= 4 is 11.6 Å². The molecule has 0 saturated carbocycles. The van der Waals surface area contributed by atoms with E-state index in [0.717, 1.165) is 27.9 Å². The predicted octanol–water partition coefficient (Wildman–Crippen LogP) is 3.64. The molecular formula is C22H24N4O2. The third-order valence-corrected chi connectivity index (χ3v) is 5.27. The molecule has 2 N–H and O–H groups in total. The second-order valence-electron chi connectivity index (χ2n) is 7.51. The van der Waals surface area contributed by atoms with Crippen LogP contribution in [0.5, 0.6) is 0 Å². The number of hydrogen-bond donors (Lipinski definition) is 1. The molecule has 3 aromatic rings. The van der Waals surface area contributed by atoms with Crippen molar-refractivity contribution in [3.63, 3.8) is 0 Å². The van der Waals surface area contributed by atoms with Crippen molar-refractivity contribution in [1.82, 2.24) is 10.1 Å². The van der Waals surface area contributed by atoms with Crippen molar-refractivity contribution in [2.24, 2.45) is 5.73 Å². The highest BCUT2D eigenvalue weighted by atomic mass is 16.5. The summed E-state index contributed by atoms with van der Waals surface area (Å²) in [5.41, 5.74) is 12.0. The van der Waals surface area contributed by atoms with Crippen LogP contribution in [0.15, 0.2) is 40.9 Å². The first kappa shape index (κ1) is 18.4. The van der Waals surface area contributed by atoms with E-state index in [1.165, 1.54) is 5.56 Å². The van der Waals surface area contributed by atoms with Gasteiger partial charge in [0, 0.05) is 30.8 Å². The topological polar surface area (TPSA) is 85.2 Å². The molecule has 1 aromatic heterocycles. The van der Waals surface area contributed by atoms with Crippen LogP contribution in [0.2, 0.25) is 0 Å². The Bertz CT molecular complexity index is 1000. The van der Waals surface area contributed by atoms with Gasteiger partial charge in [0.25, 0.3) is 0 Å². The monoisotopic (exact) mass is 376 g/mol. The average molecular weight is 376 g/mol. The molecule has 1 fully saturated rings. The number of benzene rings is 2. The Morgan fingerprint density at radius 3 is 2.46 bits per heavy atom. The summed E-state index contributed by atoms with van der Waals surface area (Å²) in [6.45, 7) is 7.21. The summed E-state index contributed by atoms with van der Waals surface area (Å²) in [4.78, 5) is 19.1. The van der Waals surface area contributed by atoms with Crippen LogP contribution in [-0.4, -0.2) is 22.6 Å². The zero-order chi connectivity index (χ0) is 19.8. The van der Waals surface area contributed by atoms with Gasteiger partial charge in [0.05, 0.1) is 5.92 Å². The van der Waals surface area contributed by atoms with Crippen LogP contribution in [-0.2, 0) is 11.3 Å². The van der Waals surface area contributed by atoms with E-state index in [0.29, 0.717) is 31.2 Å². The summed E-state index contributed by atoms with van der Waals surface area (Å²) in [6, 6.07) is 12.0. The van der Waals surface area contributed by atoms with E-state index in [1.54, 1.807) is 0 Å². The van der Waals surface area contributed by atoms with Crippen LogP contribution in [0.3, 0.4) is 0 Å². The summed E-state index contributed by atoms with van der Waals surface area (Å²) >= 11 is 0. The molecule has 0 radical (unpaired) electrons. The Balaban J connectivity index is 1.57. The van der Waals surface area contributed by atoms with Gasteiger partial charge in [-0.2, -0.15) is 4.98 Å².